The number of hydrogen-bond acceptors (Lipinski definition) is 4. The second-order valence-electron chi connectivity index (χ2n) is 5.93. The van der Waals surface area contributed by atoms with Crippen molar-refractivity contribution < 1.29 is 23.5 Å². The van der Waals surface area contributed by atoms with E-state index in [4.69, 9.17) is 9.47 Å². The van der Waals surface area contributed by atoms with Crippen molar-refractivity contribution in [2.45, 2.75) is 13.8 Å². The molecule has 0 fully saturated rings. The van der Waals surface area contributed by atoms with Gasteiger partial charge in [-0.25, -0.2) is 4.39 Å². The molecule has 0 aromatic heterocycles. The van der Waals surface area contributed by atoms with Crippen molar-refractivity contribution in [1.29, 1.82) is 0 Å². The Morgan fingerprint density at radius 3 is 2.38 bits per heavy atom. The van der Waals surface area contributed by atoms with Crippen LogP contribution in [0.2, 0.25) is 0 Å². The van der Waals surface area contributed by atoms with Crippen molar-refractivity contribution in [3.05, 3.63) is 65.5 Å². The van der Waals surface area contributed by atoms with Gasteiger partial charge in [-0.3, -0.25) is 9.59 Å². The molecule has 6 nitrogen and oxygen atoms in total. The number of benzene rings is 2. The van der Waals surface area contributed by atoms with E-state index < -0.39 is 11.7 Å². The predicted molar refractivity (Wildman–Crippen MR) is 110 cm³/mol. The molecule has 2 aromatic rings. The van der Waals surface area contributed by atoms with Crippen LogP contribution in [0.3, 0.4) is 0 Å². The van der Waals surface area contributed by atoms with Gasteiger partial charge in [0.25, 0.3) is 5.91 Å². The van der Waals surface area contributed by atoms with Crippen LogP contribution in [0, 0.1) is 5.82 Å². The molecular weight excluding hydrogens is 375 g/mol. The molecule has 0 unspecified atom stereocenters. The number of nitrogens with one attached hydrogen (secondary N) is 2. The Balaban J connectivity index is 1.81. The number of carbonyl (C=O) groups is 2. The summed E-state index contributed by atoms with van der Waals surface area (Å²) in [6.45, 7) is 5.22. The first-order valence-corrected chi connectivity index (χ1v) is 9.43. The number of rotatable bonds is 10. The Labute approximate surface area is 169 Å². The minimum Gasteiger partial charge on any atom is -0.490 e. The molecule has 7 heteroatoms. The number of amides is 2. The second-order valence-corrected chi connectivity index (χ2v) is 5.93. The first kappa shape index (κ1) is 21.9. The van der Waals surface area contributed by atoms with Gasteiger partial charge in [0.2, 0.25) is 5.91 Å². The van der Waals surface area contributed by atoms with Gasteiger partial charge in [-0.05, 0) is 49.8 Å². The molecule has 0 spiro atoms. The molecular formula is C22H25FN2O4. The highest BCUT2D eigenvalue weighted by molar-refractivity contribution is 5.94. The molecule has 0 aliphatic rings. The zero-order valence-corrected chi connectivity index (χ0v) is 16.5. The molecule has 0 saturated carbocycles. The van der Waals surface area contributed by atoms with Crippen molar-refractivity contribution >= 4 is 17.9 Å². The standard InChI is InChI=1S/C22H25FN2O4/c1-3-28-19-11-9-16(15-20(19)29-4-2)10-12-21(26)24-13-14-25-22(27)17-7-5-6-8-18(17)23/h5-12,15H,3-4,13-14H2,1-2H3,(H,24,26)(H,25,27)/b12-10+. The maximum Gasteiger partial charge on any atom is 0.254 e. The molecule has 0 heterocycles. The van der Waals surface area contributed by atoms with Crippen molar-refractivity contribution in [3.8, 4) is 11.5 Å². The number of carbonyl (C=O) groups excluding carboxylic acids is 2. The Morgan fingerprint density at radius 2 is 1.66 bits per heavy atom. The van der Waals surface area contributed by atoms with E-state index in [1.165, 1.54) is 24.3 Å². The van der Waals surface area contributed by atoms with E-state index >= 15 is 0 Å². The first-order chi connectivity index (χ1) is 14.0. The zero-order valence-electron chi connectivity index (χ0n) is 16.5. The lowest BCUT2D eigenvalue weighted by molar-refractivity contribution is -0.116. The molecule has 0 aliphatic heterocycles. The smallest absolute Gasteiger partial charge is 0.254 e. The topological polar surface area (TPSA) is 76.7 Å². The summed E-state index contributed by atoms with van der Waals surface area (Å²) in [5.41, 5.74) is 0.763. The number of halogens is 1. The minimum absolute atomic E-state index is 0.0284. The quantitative estimate of drug-likeness (QED) is 0.474. The van der Waals surface area contributed by atoms with Crippen LogP contribution in [0.15, 0.2) is 48.5 Å². The van der Waals surface area contributed by atoms with Crippen molar-refractivity contribution in [2.24, 2.45) is 0 Å². The lowest BCUT2D eigenvalue weighted by atomic mass is 10.2. The Hall–Kier alpha value is -3.35. The zero-order chi connectivity index (χ0) is 21.1. The molecule has 0 aliphatic carbocycles. The van der Waals surface area contributed by atoms with E-state index in [0.717, 1.165) is 5.56 Å². The maximum atomic E-state index is 13.5. The van der Waals surface area contributed by atoms with Crippen molar-refractivity contribution in [2.75, 3.05) is 26.3 Å². The summed E-state index contributed by atoms with van der Waals surface area (Å²) in [5.74, 6) is -0.143. The fourth-order valence-electron chi connectivity index (χ4n) is 2.50. The summed E-state index contributed by atoms with van der Waals surface area (Å²) in [5, 5.41) is 5.22. The third-order valence-corrected chi connectivity index (χ3v) is 3.82. The van der Waals surface area contributed by atoms with Gasteiger partial charge < -0.3 is 20.1 Å². The van der Waals surface area contributed by atoms with Crippen LogP contribution < -0.4 is 20.1 Å². The van der Waals surface area contributed by atoms with Crippen LogP contribution in [-0.2, 0) is 4.79 Å². The van der Waals surface area contributed by atoms with Crippen molar-refractivity contribution in [3.63, 3.8) is 0 Å². The average molecular weight is 400 g/mol. The van der Waals surface area contributed by atoms with Crippen LogP contribution in [0.5, 0.6) is 11.5 Å². The van der Waals surface area contributed by atoms with Crippen LogP contribution >= 0.6 is 0 Å². The van der Waals surface area contributed by atoms with E-state index in [1.807, 2.05) is 19.9 Å². The Kier molecular flexibility index (Phi) is 8.69. The predicted octanol–water partition coefficient (Wildman–Crippen LogP) is 3.18. The fraction of sp³-hybridized carbons (Fsp3) is 0.273. The third kappa shape index (κ3) is 6.95. The van der Waals surface area contributed by atoms with E-state index in [0.29, 0.717) is 24.7 Å². The third-order valence-electron chi connectivity index (χ3n) is 3.82. The minimum atomic E-state index is -0.584. The average Bonchev–Trinajstić information content (AvgIpc) is 2.72. The summed E-state index contributed by atoms with van der Waals surface area (Å²) < 4.78 is 24.6. The van der Waals surface area contributed by atoms with Gasteiger partial charge in [-0.1, -0.05) is 18.2 Å². The molecule has 2 rings (SSSR count). The van der Waals surface area contributed by atoms with Crippen molar-refractivity contribution in [1.82, 2.24) is 10.6 Å². The molecule has 2 amide bonds. The maximum absolute atomic E-state index is 13.5. The molecule has 0 bridgehead atoms. The summed E-state index contributed by atoms with van der Waals surface area (Å²) in [4.78, 5) is 23.8. The fourth-order valence-corrected chi connectivity index (χ4v) is 2.50. The van der Waals surface area contributed by atoms with Crippen LogP contribution in [0.25, 0.3) is 6.08 Å². The highest BCUT2D eigenvalue weighted by Gasteiger charge is 2.09. The summed E-state index contributed by atoms with van der Waals surface area (Å²) in [6, 6.07) is 11.1. The van der Waals surface area contributed by atoms with Gasteiger partial charge >= 0.3 is 0 Å². The molecule has 0 saturated heterocycles. The summed E-state index contributed by atoms with van der Waals surface area (Å²) >= 11 is 0. The molecule has 0 radical (unpaired) electrons. The molecule has 0 atom stereocenters. The molecule has 2 aromatic carbocycles. The lowest BCUT2D eigenvalue weighted by Gasteiger charge is -2.11. The second kappa shape index (κ2) is 11.5. The number of ether oxygens (including phenoxy) is 2. The van der Waals surface area contributed by atoms with Crippen LogP contribution in [-0.4, -0.2) is 38.1 Å². The normalized spacial score (nSPS) is 10.6. The summed E-state index contributed by atoms with van der Waals surface area (Å²) in [6.07, 6.45) is 3.05. The van der Waals surface area contributed by atoms with Gasteiger partial charge in [0.1, 0.15) is 5.82 Å². The lowest BCUT2D eigenvalue weighted by Crippen LogP contribution is -2.34. The Morgan fingerprint density at radius 1 is 0.966 bits per heavy atom. The van der Waals surface area contributed by atoms with Gasteiger partial charge in [0, 0.05) is 19.2 Å². The van der Waals surface area contributed by atoms with E-state index in [9.17, 15) is 14.0 Å². The molecule has 154 valence electrons. The van der Waals surface area contributed by atoms with Crippen LogP contribution in [0.1, 0.15) is 29.8 Å². The van der Waals surface area contributed by atoms with Gasteiger partial charge in [-0.15, -0.1) is 0 Å². The Bertz CT molecular complexity index is 868. The monoisotopic (exact) mass is 400 g/mol. The van der Waals surface area contributed by atoms with Gasteiger partial charge in [0.05, 0.1) is 18.8 Å². The van der Waals surface area contributed by atoms with E-state index in [1.54, 1.807) is 24.3 Å². The highest BCUT2D eigenvalue weighted by atomic mass is 19.1. The SMILES string of the molecule is CCOc1ccc(/C=C/C(=O)NCCNC(=O)c2ccccc2F)cc1OCC. The summed E-state index contributed by atoms with van der Waals surface area (Å²) in [7, 11) is 0. The largest absolute Gasteiger partial charge is 0.490 e. The van der Waals surface area contributed by atoms with E-state index in [-0.39, 0.29) is 24.6 Å². The van der Waals surface area contributed by atoms with Crippen LogP contribution in [0.4, 0.5) is 4.39 Å². The van der Waals surface area contributed by atoms with Gasteiger partial charge in [-0.2, -0.15) is 0 Å². The highest BCUT2D eigenvalue weighted by Crippen LogP contribution is 2.28. The molecule has 2 N–H and O–H groups in total. The first-order valence-electron chi connectivity index (χ1n) is 9.43. The van der Waals surface area contributed by atoms with E-state index in [2.05, 4.69) is 10.6 Å². The number of hydrogen-bond donors (Lipinski definition) is 2. The molecule has 29 heavy (non-hydrogen) atoms. The van der Waals surface area contributed by atoms with Gasteiger partial charge in [0.15, 0.2) is 11.5 Å².